The maximum Gasteiger partial charge on any atom is 0.325 e. The molecule has 0 saturated carbocycles. The first-order valence-electron chi connectivity index (χ1n) is 6.19. The number of carbonyl (C=O) groups is 1. The van der Waals surface area contributed by atoms with Gasteiger partial charge in [-0.15, -0.1) is 0 Å². The lowest BCUT2D eigenvalue weighted by Gasteiger charge is -2.07. The molecule has 0 aliphatic carbocycles. The average Bonchev–Trinajstić information content (AvgIpc) is 2.82. The first kappa shape index (κ1) is 13.0. The number of halogens is 1. The van der Waals surface area contributed by atoms with Gasteiger partial charge in [-0.2, -0.15) is 0 Å². The lowest BCUT2D eigenvalue weighted by atomic mass is 10.2. The Morgan fingerprint density at radius 1 is 1.33 bits per heavy atom. The number of pyridine rings is 1. The average molecular weight is 292 g/mol. The third kappa shape index (κ3) is 2.40. The molecule has 0 unspecified atom stereocenters. The molecule has 2 heterocycles. The number of aromatic nitrogens is 3. The molecular weight excluding hydrogens is 275 g/mol. The second-order valence-electron chi connectivity index (χ2n) is 4.58. The summed E-state index contributed by atoms with van der Waals surface area (Å²) < 4.78 is 13.2. The molecule has 0 fully saturated rings. The second-order valence-corrected chi connectivity index (χ2v) is 4.58. The van der Waals surface area contributed by atoms with Gasteiger partial charge in [-0.25, -0.2) is 14.2 Å². The number of aryl methyl sites for hydroxylation is 1. The van der Waals surface area contributed by atoms with E-state index in [2.05, 4.69) is 20.3 Å². The highest BCUT2D eigenvalue weighted by Crippen LogP contribution is 2.16. The van der Waals surface area contributed by atoms with Crippen molar-refractivity contribution < 1.29 is 13.5 Å². The molecule has 1 amide bonds. The lowest BCUT2D eigenvalue weighted by molar-refractivity contribution is 0.102. The highest BCUT2D eigenvalue weighted by atomic mass is 19.1. The number of hydrogen-bond donors (Lipinski definition) is 3. The number of benzene rings is 1. The van der Waals surface area contributed by atoms with Gasteiger partial charge in [-0.1, -0.05) is 0 Å². The van der Waals surface area contributed by atoms with Gasteiger partial charge in [0, 0.05) is 16.2 Å². The van der Waals surface area contributed by atoms with Crippen LogP contribution in [0, 0.1) is 12.7 Å². The Bertz CT molecular complexity index is 910. The Morgan fingerprint density at radius 3 is 2.90 bits per heavy atom. The van der Waals surface area contributed by atoms with Crippen molar-refractivity contribution in [1.82, 2.24) is 15.0 Å². The third-order valence-electron chi connectivity index (χ3n) is 3.08. The maximum absolute atomic E-state index is 13.2. The summed E-state index contributed by atoms with van der Waals surface area (Å²) in [5.41, 5.74) is 1.39. The number of amides is 1. The zero-order chi connectivity index (χ0) is 15.0. The van der Waals surface area contributed by atoms with Crippen LogP contribution in [0.3, 0.4) is 0 Å². The van der Waals surface area contributed by atoms with E-state index >= 15 is 0 Å². The second kappa shape index (κ2) is 4.86. The van der Waals surface area contributed by atoms with Crippen molar-refractivity contribution in [3.8, 4) is 0 Å². The standard InChI is InChI=1S/C14H11FN4O2.3H2/c1-7-6-8(2-3-10(7)15)17-13(20)9-4-5-16-12-11(9)18-14(21)19-12;;;/h2-6H,1H3,(H,17,20)(H2,16,18,19,21);3*1H. The van der Waals surface area contributed by atoms with Crippen molar-refractivity contribution in [1.29, 1.82) is 0 Å². The highest BCUT2D eigenvalue weighted by Gasteiger charge is 2.13. The molecule has 0 radical (unpaired) electrons. The van der Waals surface area contributed by atoms with Gasteiger partial charge in [0.2, 0.25) is 0 Å². The number of rotatable bonds is 2. The molecule has 6 nitrogen and oxygen atoms in total. The number of imidazole rings is 1. The van der Waals surface area contributed by atoms with Crippen molar-refractivity contribution in [2.24, 2.45) is 0 Å². The van der Waals surface area contributed by atoms with Gasteiger partial charge in [0.05, 0.1) is 11.1 Å². The van der Waals surface area contributed by atoms with Gasteiger partial charge in [0.15, 0.2) is 5.65 Å². The van der Waals surface area contributed by atoms with Crippen molar-refractivity contribution >= 4 is 22.8 Å². The van der Waals surface area contributed by atoms with Crippen LogP contribution in [0.1, 0.15) is 20.2 Å². The first-order valence-corrected chi connectivity index (χ1v) is 6.19. The lowest BCUT2D eigenvalue weighted by Crippen LogP contribution is -2.13. The number of H-pyrrole nitrogens is 2. The van der Waals surface area contributed by atoms with Crippen LogP contribution in [0.15, 0.2) is 35.3 Å². The SMILES string of the molecule is Cc1cc(NC(=O)c2ccnc3[nH]c(=O)[nH]c23)ccc1F.[HH].[HH].[HH]. The molecule has 0 spiro atoms. The first-order chi connectivity index (χ1) is 10.0. The van der Waals surface area contributed by atoms with E-state index in [-0.39, 0.29) is 15.7 Å². The molecular formula is C14H17FN4O2. The molecule has 3 rings (SSSR count). The zero-order valence-corrected chi connectivity index (χ0v) is 11.0. The quantitative estimate of drug-likeness (QED) is 0.678. The fourth-order valence-electron chi connectivity index (χ4n) is 2.05. The van der Waals surface area contributed by atoms with E-state index in [1.54, 1.807) is 6.92 Å². The van der Waals surface area contributed by atoms with E-state index in [1.165, 1.54) is 30.5 Å². The maximum atomic E-state index is 13.2. The van der Waals surface area contributed by atoms with Crippen LogP contribution in [0.4, 0.5) is 10.1 Å². The van der Waals surface area contributed by atoms with Gasteiger partial charge in [-0.3, -0.25) is 9.78 Å². The summed E-state index contributed by atoms with van der Waals surface area (Å²) in [5.74, 6) is -0.752. The zero-order valence-electron chi connectivity index (χ0n) is 11.0. The van der Waals surface area contributed by atoms with Crippen LogP contribution >= 0.6 is 0 Å². The van der Waals surface area contributed by atoms with Crippen molar-refractivity contribution in [2.45, 2.75) is 6.92 Å². The number of anilines is 1. The molecule has 3 aromatic rings. The van der Waals surface area contributed by atoms with Crippen LogP contribution in [0.5, 0.6) is 0 Å². The minimum absolute atomic E-state index is 0. The topological polar surface area (TPSA) is 90.6 Å². The van der Waals surface area contributed by atoms with Gasteiger partial charge in [0.1, 0.15) is 5.82 Å². The fourth-order valence-corrected chi connectivity index (χ4v) is 2.05. The number of fused-ring (bicyclic) bond motifs is 1. The van der Waals surface area contributed by atoms with Crippen LogP contribution in [0.25, 0.3) is 11.2 Å². The molecule has 1 aromatic carbocycles. The molecule has 7 heteroatoms. The van der Waals surface area contributed by atoms with Crippen molar-refractivity contribution in [2.75, 3.05) is 5.32 Å². The summed E-state index contributed by atoms with van der Waals surface area (Å²) in [6, 6.07) is 5.78. The highest BCUT2D eigenvalue weighted by molar-refractivity contribution is 6.10. The number of hydrogen-bond acceptors (Lipinski definition) is 3. The van der Waals surface area contributed by atoms with E-state index in [9.17, 15) is 14.0 Å². The third-order valence-corrected chi connectivity index (χ3v) is 3.08. The van der Waals surface area contributed by atoms with Gasteiger partial charge in [-0.05, 0) is 36.8 Å². The molecule has 0 saturated heterocycles. The summed E-state index contributed by atoms with van der Waals surface area (Å²) in [7, 11) is 0. The Hall–Kier alpha value is -2.96. The molecule has 0 bridgehead atoms. The van der Waals surface area contributed by atoms with E-state index in [0.717, 1.165) is 0 Å². The number of carbonyl (C=O) groups excluding carboxylic acids is 1. The van der Waals surface area contributed by atoms with Crippen molar-refractivity contribution in [3.05, 3.63) is 57.9 Å². The molecule has 0 aliphatic heterocycles. The fraction of sp³-hybridized carbons (Fsp3) is 0.0714. The predicted molar refractivity (Wildman–Crippen MR) is 82.1 cm³/mol. The Labute approximate surface area is 122 Å². The number of aromatic amines is 2. The van der Waals surface area contributed by atoms with E-state index in [0.29, 0.717) is 22.4 Å². The largest absolute Gasteiger partial charge is 0.325 e. The minimum Gasteiger partial charge on any atom is -0.322 e. The van der Waals surface area contributed by atoms with Crippen LogP contribution in [-0.4, -0.2) is 20.9 Å². The summed E-state index contributed by atoms with van der Waals surface area (Å²) in [5, 5.41) is 2.66. The van der Waals surface area contributed by atoms with Crippen molar-refractivity contribution in [3.63, 3.8) is 0 Å². The van der Waals surface area contributed by atoms with E-state index in [1.807, 2.05) is 0 Å². The van der Waals surface area contributed by atoms with Crippen LogP contribution in [-0.2, 0) is 0 Å². The van der Waals surface area contributed by atoms with Crippen LogP contribution in [0.2, 0.25) is 0 Å². The minimum atomic E-state index is -0.435. The predicted octanol–water partition coefficient (Wildman–Crippen LogP) is 2.69. The summed E-state index contributed by atoms with van der Waals surface area (Å²) in [4.78, 5) is 32.5. The van der Waals surface area contributed by atoms with Gasteiger partial charge >= 0.3 is 5.69 Å². The smallest absolute Gasteiger partial charge is 0.322 e. The summed E-state index contributed by atoms with van der Waals surface area (Å²) in [6.45, 7) is 1.61. The van der Waals surface area contributed by atoms with Gasteiger partial charge < -0.3 is 10.3 Å². The number of nitrogens with zero attached hydrogens (tertiary/aromatic N) is 1. The Balaban J connectivity index is 0.00000176. The monoisotopic (exact) mass is 292 g/mol. The molecule has 0 aliphatic rings. The molecule has 2 aromatic heterocycles. The molecule has 0 atom stereocenters. The normalized spacial score (nSPS) is 10.8. The van der Waals surface area contributed by atoms with E-state index in [4.69, 9.17) is 0 Å². The van der Waals surface area contributed by atoms with E-state index < -0.39 is 11.6 Å². The summed E-state index contributed by atoms with van der Waals surface area (Å²) >= 11 is 0. The summed E-state index contributed by atoms with van der Waals surface area (Å²) in [6.07, 6.45) is 1.43. The number of nitrogens with one attached hydrogen (secondary N) is 3. The van der Waals surface area contributed by atoms with Crippen LogP contribution < -0.4 is 11.0 Å². The Kier molecular flexibility index (Phi) is 3.02. The molecule has 112 valence electrons. The molecule has 21 heavy (non-hydrogen) atoms. The van der Waals surface area contributed by atoms with Gasteiger partial charge in [0.25, 0.3) is 5.91 Å². The Morgan fingerprint density at radius 2 is 2.14 bits per heavy atom. The molecule has 3 N–H and O–H groups in total.